The van der Waals surface area contributed by atoms with E-state index < -0.39 is 22.5 Å². The van der Waals surface area contributed by atoms with Gasteiger partial charge >= 0.3 is 0 Å². The first kappa shape index (κ1) is 29.4. The van der Waals surface area contributed by atoms with Crippen molar-refractivity contribution in [2.75, 3.05) is 17.5 Å². The molecule has 212 valence electrons. The predicted molar refractivity (Wildman–Crippen MR) is 155 cm³/mol. The molecule has 3 aromatic carbocycles. The minimum absolute atomic E-state index is 0.0327. The summed E-state index contributed by atoms with van der Waals surface area (Å²) in [6.45, 7) is 1.37. The van der Waals surface area contributed by atoms with Crippen molar-refractivity contribution in [3.8, 4) is 5.75 Å². The van der Waals surface area contributed by atoms with Crippen molar-refractivity contribution in [1.82, 2.24) is 10.7 Å². The van der Waals surface area contributed by atoms with Gasteiger partial charge in [-0.25, -0.2) is 13.8 Å². The van der Waals surface area contributed by atoms with E-state index in [1.807, 2.05) is 0 Å². The molecule has 0 aliphatic carbocycles. The van der Waals surface area contributed by atoms with Crippen molar-refractivity contribution >= 4 is 45.3 Å². The number of hydrazone groups is 1. The number of hydrogen-bond acceptors (Lipinski definition) is 7. The Kier molecular flexibility index (Phi) is 9.77. The fourth-order valence-corrected chi connectivity index (χ4v) is 5.17. The number of nitrogens with one attached hydrogen (secondary N) is 2. The second-order valence-corrected chi connectivity index (χ2v) is 11.0. The van der Waals surface area contributed by atoms with Gasteiger partial charge in [0, 0.05) is 5.02 Å². The number of nitrogens with zero attached hydrogens (tertiary/aromatic N) is 2. The van der Waals surface area contributed by atoms with Crippen molar-refractivity contribution in [1.29, 1.82) is 0 Å². The van der Waals surface area contributed by atoms with Gasteiger partial charge in [0.1, 0.15) is 18.1 Å². The van der Waals surface area contributed by atoms with Gasteiger partial charge in [-0.1, -0.05) is 35.9 Å². The maximum atomic E-state index is 13.4. The highest BCUT2D eigenvalue weighted by molar-refractivity contribution is 7.92. The normalized spacial score (nSPS) is 11.3. The molecule has 0 saturated carbocycles. The number of amides is 2. The monoisotopic (exact) mass is 594 g/mol. The Morgan fingerprint density at radius 2 is 1.76 bits per heavy atom. The number of hydrogen-bond donors (Lipinski definition) is 2. The van der Waals surface area contributed by atoms with Crippen LogP contribution in [-0.4, -0.2) is 39.6 Å². The molecule has 0 atom stereocenters. The van der Waals surface area contributed by atoms with E-state index in [-0.39, 0.29) is 29.6 Å². The zero-order valence-electron chi connectivity index (χ0n) is 22.0. The highest BCUT2D eigenvalue weighted by Gasteiger charge is 2.27. The minimum Gasteiger partial charge on any atom is -0.484 e. The molecule has 0 unspecified atom stereocenters. The third kappa shape index (κ3) is 8.19. The van der Waals surface area contributed by atoms with Crippen LogP contribution in [0, 0.1) is 6.92 Å². The smallest absolute Gasteiger partial charge is 0.264 e. The first-order chi connectivity index (χ1) is 19.7. The molecule has 10 nitrogen and oxygen atoms in total. The van der Waals surface area contributed by atoms with Gasteiger partial charge in [0.25, 0.3) is 21.8 Å². The van der Waals surface area contributed by atoms with Gasteiger partial charge in [0.05, 0.1) is 29.6 Å². The van der Waals surface area contributed by atoms with Crippen LogP contribution in [0.3, 0.4) is 0 Å². The number of carbonyl (C=O) groups is 2. The molecule has 0 aliphatic heterocycles. The number of anilines is 1. The lowest BCUT2D eigenvalue weighted by Gasteiger charge is -2.24. The Hall–Kier alpha value is -4.61. The largest absolute Gasteiger partial charge is 0.484 e. The van der Waals surface area contributed by atoms with E-state index in [1.165, 1.54) is 30.7 Å². The molecule has 0 saturated heterocycles. The summed E-state index contributed by atoms with van der Waals surface area (Å²) in [7, 11) is -4.07. The molecule has 2 N–H and O–H groups in total. The highest BCUT2D eigenvalue weighted by atomic mass is 35.5. The van der Waals surface area contributed by atoms with E-state index in [1.54, 1.807) is 73.7 Å². The average Bonchev–Trinajstić information content (AvgIpc) is 3.50. The Labute approximate surface area is 242 Å². The summed E-state index contributed by atoms with van der Waals surface area (Å²) in [6.07, 6.45) is 2.93. The molecule has 2 amide bonds. The number of furan rings is 1. The summed E-state index contributed by atoms with van der Waals surface area (Å²) >= 11 is 6.24. The van der Waals surface area contributed by atoms with Crippen LogP contribution in [0.25, 0.3) is 0 Å². The topological polar surface area (TPSA) is 130 Å². The number of ether oxygens (including phenoxy) is 1. The van der Waals surface area contributed by atoms with Gasteiger partial charge in [0.15, 0.2) is 6.61 Å². The average molecular weight is 595 g/mol. The van der Waals surface area contributed by atoms with Crippen molar-refractivity contribution < 1.29 is 27.2 Å². The lowest BCUT2D eigenvalue weighted by molar-refractivity contribution is -0.123. The van der Waals surface area contributed by atoms with Crippen LogP contribution < -0.4 is 19.8 Å². The third-order valence-corrected chi connectivity index (χ3v) is 7.95. The Bertz CT molecular complexity index is 1610. The molecule has 0 radical (unpaired) electrons. The molecule has 4 aromatic rings. The van der Waals surface area contributed by atoms with Crippen LogP contribution in [0.15, 0.2) is 106 Å². The van der Waals surface area contributed by atoms with E-state index in [9.17, 15) is 18.0 Å². The van der Waals surface area contributed by atoms with Gasteiger partial charge in [-0.15, -0.1) is 0 Å². The van der Waals surface area contributed by atoms with Crippen LogP contribution in [0.5, 0.6) is 5.75 Å². The number of benzene rings is 3. The van der Waals surface area contributed by atoms with Gasteiger partial charge in [-0.3, -0.25) is 13.9 Å². The van der Waals surface area contributed by atoms with E-state index >= 15 is 0 Å². The summed E-state index contributed by atoms with van der Waals surface area (Å²) in [5, 5.41) is 7.00. The second kappa shape index (κ2) is 13.6. The second-order valence-electron chi connectivity index (χ2n) is 8.77. The molecule has 1 aromatic heterocycles. The number of carbonyl (C=O) groups excluding carboxylic acids is 2. The summed E-state index contributed by atoms with van der Waals surface area (Å²) in [5.41, 5.74) is 4.01. The summed E-state index contributed by atoms with van der Waals surface area (Å²) in [4.78, 5) is 24.7. The Morgan fingerprint density at radius 1 is 1.00 bits per heavy atom. The lowest BCUT2D eigenvalue weighted by Crippen LogP contribution is -2.39. The lowest BCUT2D eigenvalue weighted by atomic mass is 10.2. The number of halogens is 1. The number of aryl methyl sites for hydroxylation is 1. The molecular weight excluding hydrogens is 568 g/mol. The Balaban J connectivity index is 1.34. The fourth-order valence-electron chi connectivity index (χ4n) is 3.57. The van der Waals surface area contributed by atoms with E-state index in [2.05, 4.69) is 15.8 Å². The van der Waals surface area contributed by atoms with E-state index in [0.29, 0.717) is 22.1 Å². The van der Waals surface area contributed by atoms with E-state index in [4.69, 9.17) is 20.8 Å². The van der Waals surface area contributed by atoms with Crippen LogP contribution in [0.4, 0.5) is 5.69 Å². The number of rotatable bonds is 12. The van der Waals surface area contributed by atoms with Crippen molar-refractivity contribution in [3.05, 3.63) is 113 Å². The zero-order chi connectivity index (χ0) is 29.2. The van der Waals surface area contributed by atoms with Crippen LogP contribution >= 0.6 is 11.6 Å². The summed E-state index contributed by atoms with van der Waals surface area (Å²) < 4.78 is 38.4. The first-order valence-electron chi connectivity index (χ1n) is 12.4. The van der Waals surface area contributed by atoms with Crippen LogP contribution in [-0.2, 0) is 26.2 Å². The van der Waals surface area contributed by atoms with Gasteiger partial charge in [0.2, 0.25) is 0 Å². The van der Waals surface area contributed by atoms with Crippen molar-refractivity contribution in [2.45, 2.75) is 18.4 Å². The number of sulfonamides is 1. The molecule has 0 aliphatic rings. The fraction of sp³-hybridized carbons (Fsp3) is 0.138. The highest BCUT2D eigenvalue weighted by Crippen LogP contribution is 2.28. The molecular formula is C29H27ClN4O6S. The maximum Gasteiger partial charge on any atom is 0.264 e. The molecule has 4 rings (SSSR count). The molecule has 1 heterocycles. The summed E-state index contributed by atoms with van der Waals surface area (Å²) in [6, 6.07) is 22.8. The van der Waals surface area contributed by atoms with Crippen molar-refractivity contribution in [2.24, 2.45) is 5.10 Å². The molecule has 41 heavy (non-hydrogen) atoms. The van der Waals surface area contributed by atoms with Crippen LogP contribution in [0.1, 0.15) is 16.9 Å². The molecule has 0 bridgehead atoms. The predicted octanol–water partition coefficient (Wildman–Crippen LogP) is 4.28. The first-order valence-corrected chi connectivity index (χ1v) is 14.2. The molecule has 12 heteroatoms. The van der Waals surface area contributed by atoms with E-state index in [0.717, 1.165) is 9.87 Å². The van der Waals surface area contributed by atoms with Gasteiger partial charge in [-0.05, 0) is 78.7 Å². The Morgan fingerprint density at radius 3 is 2.44 bits per heavy atom. The quantitative estimate of drug-likeness (QED) is 0.186. The molecule has 0 fully saturated rings. The minimum atomic E-state index is -4.07. The maximum absolute atomic E-state index is 13.4. The standard InChI is InChI=1S/C29H27ClN4O6S/c1-21-9-12-23(16-27(21)30)34(41(37,38)26-7-3-2-4-8-26)19-28(35)33-32-17-22-10-13-24(14-11-22)40-20-29(36)31-18-25-6-5-15-39-25/h2-17H,18-20H2,1H3,(H,31,36)(H,33,35)/b32-17-. The SMILES string of the molecule is Cc1ccc(N(CC(=O)N/N=C\c2ccc(OCC(=O)NCc3ccco3)cc2)S(=O)(=O)c2ccccc2)cc1Cl. The molecule has 0 spiro atoms. The van der Waals surface area contributed by atoms with Crippen LogP contribution in [0.2, 0.25) is 5.02 Å². The van der Waals surface area contributed by atoms with Gasteiger partial charge in [-0.2, -0.15) is 5.10 Å². The van der Waals surface area contributed by atoms with Gasteiger partial charge < -0.3 is 14.5 Å². The third-order valence-electron chi connectivity index (χ3n) is 5.75. The summed E-state index contributed by atoms with van der Waals surface area (Å²) in [5.74, 6) is 0.154. The zero-order valence-corrected chi connectivity index (χ0v) is 23.6. The van der Waals surface area contributed by atoms with Crippen molar-refractivity contribution in [3.63, 3.8) is 0 Å².